The van der Waals surface area contributed by atoms with Gasteiger partial charge in [-0.15, -0.1) is 0 Å². The van der Waals surface area contributed by atoms with E-state index in [-0.39, 0.29) is 6.10 Å². The SMILES string of the molecule is Cc1ccc(C)c(C(O)C2CCCCC2)c1. The molecule has 0 aromatic heterocycles. The maximum absolute atomic E-state index is 10.5. The molecule has 2 rings (SSSR count). The van der Waals surface area contributed by atoms with Crippen molar-refractivity contribution in [3.8, 4) is 0 Å². The zero-order valence-corrected chi connectivity index (χ0v) is 10.4. The summed E-state index contributed by atoms with van der Waals surface area (Å²) in [5, 5.41) is 10.5. The van der Waals surface area contributed by atoms with Gasteiger partial charge in [0.05, 0.1) is 6.10 Å². The van der Waals surface area contributed by atoms with Crippen molar-refractivity contribution >= 4 is 0 Å². The molecule has 0 radical (unpaired) electrons. The van der Waals surface area contributed by atoms with Crippen LogP contribution in [0.2, 0.25) is 0 Å². The van der Waals surface area contributed by atoms with Crippen LogP contribution in [-0.4, -0.2) is 5.11 Å². The predicted molar refractivity (Wildman–Crippen MR) is 67.5 cm³/mol. The van der Waals surface area contributed by atoms with Crippen molar-refractivity contribution in [2.75, 3.05) is 0 Å². The highest BCUT2D eigenvalue weighted by molar-refractivity contribution is 5.32. The van der Waals surface area contributed by atoms with E-state index in [4.69, 9.17) is 0 Å². The fourth-order valence-corrected chi connectivity index (χ4v) is 2.78. The molecule has 88 valence electrons. The number of aliphatic hydroxyl groups excluding tert-OH is 1. The molecule has 1 aliphatic carbocycles. The average molecular weight is 218 g/mol. The second-order valence-corrected chi connectivity index (χ2v) is 5.20. The predicted octanol–water partition coefficient (Wildman–Crippen LogP) is 3.92. The molecule has 1 unspecified atom stereocenters. The summed E-state index contributed by atoms with van der Waals surface area (Å²) < 4.78 is 0. The molecule has 1 atom stereocenters. The minimum absolute atomic E-state index is 0.250. The number of aliphatic hydroxyl groups is 1. The van der Waals surface area contributed by atoms with Crippen molar-refractivity contribution in [3.05, 3.63) is 34.9 Å². The van der Waals surface area contributed by atoms with Crippen LogP contribution in [0.5, 0.6) is 0 Å². The van der Waals surface area contributed by atoms with Gasteiger partial charge in [-0.3, -0.25) is 0 Å². The summed E-state index contributed by atoms with van der Waals surface area (Å²) in [5.74, 6) is 0.481. The fraction of sp³-hybridized carbons (Fsp3) is 0.600. The van der Waals surface area contributed by atoms with Crippen molar-refractivity contribution in [3.63, 3.8) is 0 Å². The van der Waals surface area contributed by atoms with Gasteiger partial charge < -0.3 is 5.11 Å². The number of rotatable bonds is 2. The molecule has 0 saturated heterocycles. The Bertz CT molecular complexity index is 350. The van der Waals surface area contributed by atoms with Gasteiger partial charge in [0, 0.05) is 0 Å². The Hall–Kier alpha value is -0.820. The van der Waals surface area contributed by atoms with Crippen molar-refractivity contribution < 1.29 is 5.11 Å². The molecule has 0 aliphatic heterocycles. The first-order valence-corrected chi connectivity index (χ1v) is 6.43. The topological polar surface area (TPSA) is 20.2 Å². The van der Waals surface area contributed by atoms with E-state index >= 15 is 0 Å². The zero-order chi connectivity index (χ0) is 11.5. The third-order valence-electron chi connectivity index (χ3n) is 3.85. The van der Waals surface area contributed by atoms with Gasteiger partial charge in [0.2, 0.25) is 0 Å². The van der Waals surface area contributed by atoms with Gasteiger partial charge in [0.25, 0.3) is 0 Å². The Morgan fingerprint density at radius 2 is 1.81 bits per heavy atom. The Kier molecular flexibility index (Phi) is 3.65. The number of hydrogen-bond donors (Lipinski definition) is 1. The Balaban J connectivity index is 2.18. The van der Waals surface area contributed by atoms with Crippen LogP contribution in [0.25, 0.3) is 0 Å². The minimum atomic E-state index is -0.250. The molecule has 1 saturated carbocycles. The lowest BCUT2D eigenvalue weighted by atomic mass is 9.81. The van der Waals surface area contributed by atoms with E-state index in [0.29, 0.717) is 5.92 Å². The van der Waals surface area contributed by atoms with Crippen molar-refractivity contribution in [1.82, 2.24) is 0 Å². The molecule has 1 N–H and O–H groups in total. The Labute approximate surface area is 98.5 Å². The van der Waals surface area contributed by atoms with Gasteiger partial charge in [-0.25, -0.2) is 0 Å². The van der Waals surface area contributed by atoms with E-state index in [0.717, 1.165) is 5.56 Å². The molecule has 1 aromatic carbocycles. The first-order chi connectivity index (χ1) is 7.68. The highest BCUT2D eigenvalue weighted by Gasteiger charge is 2.23. The summed E-state index contributed by atoms with van der Waals surface area (Å²) in [6, 6.07) is 6.39. The van der Waals surface area contributed by atoms with Gasteiger partial charge in [-0.05, 0) is 43.7 Å². The first kappa shape index (κ1) is 11.7. The molecule has 1 aromatic rings. The summed E-state index contributed by atoms with van der Waals surface area (Å²) in [6.07, 6.45) is 6.04. The van der Waals surface area contributed by atoms with E-state index in [2.05, 4.69) is 32.0 Å². The third kappa shape index (κ3) is 2.46. The zero-order valence-electron chi connectivity index (χ0n) is 10.4. The molecule has 1 aliphatic rings. The van der Waals surface area contributed by atoms with E-state index in [9.17, 15) is 5.11 Å². The molecular formula is C15H22O. The summed E-state index contributed by atoms with van der Waals surface area (Å²) in [6.45, 7) is 4.19. The molecule has 16 heavy (non-hydrogen) atoms. The molecule has 1 nitrogen and oxygen atoms in total. The van der Waals surface area contributed by atoms with Crippen LogP contribution in [0.4, 0.5) is 0 Å². The minimum Gasteiger partial charge on any atom is -0.388 e. The van der Waals surface area contributed by atoms with Gasteiger partial charge in [-0.1, -0.05) is 43.0 Å². The van der Waals surface area contributed by atoms with E-state index in [1.165, 1.54) is 43.2 Å². The Morgan fingerprint density at radius 3 is 2.50 bits per heavy atom. The van der Waals surface area contributed by atoms with Gasteiger partial charge in [0.15, 0.2) is 0 Å². The quantitative estimate of drug-likeness (QED) is 0.797. The van der Waals surface area contributed by atoms with E-state index < -0.39 is 0 Å². The standard InChI is InChI=1S/C15H22O/c1-11-8-9-12(2)14(10-11)15(16)13-6-4-3-5-7-13/h8-10,13,15-16H,3-7H2,1-2H3. The lowest BCUT2D eigenvalue weighted by Crippen LogP contribution is -2.16. The summed E-state index contributed by atoms with van der Waals surface area (Å²) in [4.78, 5) is 0. The van der Waals surface area contributed by atoms with Crippen LogP contribution in [0.3, 0.4) is 0 Å². The van der Waals surface area contributed by atoms with Crippen molar-refractivity contribution in [2.24, 2.45) is 5.92 Å². The second kappa shape index (κ2) is 5.01. The molecule has 0 amide bonds. The lowest BCUT2D eigenvalue weighted by Gasteiger charge is -2.28. The molecule has 0 heterocycles. The molecule has 0 bridgehead atoms. The van der Waals surface area contributed by atoms with Crippen LogP contribution in [0, 0.1) is 19.8 Å². The highest BCUT2D eigenvalue weighted by Crippen LogP contribution is 2.35. The lowest BCUT2D eigenvalue weighted by molar-refractivity contribution is 0.0843. The summed E-state index contributed by atoms with van der Waals surface area (Å²) in [7, 11) is 0. The van der Waals surface area contributed by atoms with Crippen LogP contribution in [0.15, 0.2) is 18.2 Å². The summed E-state index contributed by atoms with van der Waals surface area (Å²) >= 11 is 0. The smallest absolute Gasteiger partial charge is 0.0820 e. The largest absolute Gasteiger partial charge is 0.388 e. The first-order valence-electron chi connectivity index (χ1n) is 6.43. The maximum atomic E-state index is 10.5. The highest BCUT2D eigenvalue weighted by atomic mass is 16.3. The number of aryl methyl sites for hydroxylation is 2. The number of benzene rings is 1. The average Bonchev–Trinajstić information content (AvgIpc) is 2.32. The van der Waals surface area contributed by atoms with Crippen LogP contribution in [-0.2, 0) is 0 Å². The van der Waals surface area contributed by atoms with Crippen LogP contribution in [0.1, 0.15) is 54.9 Å². The molecule has 1 fully saturated rings. The Morgan fingerprint density at radius 1 is 1.12 bits per heavy atom. The monoisotopic (exact) mass is 218 g/mol. The normalized spacial score (nSPS) is 19.7. The van der Waals surface area contributed by atoms with E-state index in [1.807, 2.05) is 0 Å². The van der Waals surface area contributed by atoms with Gasteiger partial charge >= 0.3 is 0 Å². The third-order valence-corrected chi connectivity index (χ3v) is 3.85. The van der Waals surface area contributed by atoms with Crippen molar-refractivity contribution in [1.29, 1.82) is 0 Å². The molecule has 1 heteroatoms. The maximum Gasteiger partial charge on any atom is 0.0820 e. The fourth-order valence-electron chi connectivity index (χ4n) is 2.78. The van der Waals surface area contributed by atoms with Crippen LogP contribution < -0.4 is 0 Å². The summed E-state index contributed by atoms with van der Waals surface area (Å²) in [5.41, 5.74) is 3.62. The van der Waals surface area contributed by atoms with Gasteiger partial charge in [-0.2, -0.15) is 0 Å². The van der Waals surface area contributed by atoms with Crippen LogP contribution >= 0.6 is 0 Å². The van der Waals surface area contributed by atoms with E-state index in [1.54, 1.807) is 0 Å². The second-order valence-electron chi connectivity index (χ2n) is 5.20. The molecular weight excluding hydrogens is 196 g/mol. The molecule has 0 spiro atoms. The number of hydrogen-bond acceptors (Lipinski definition) is 1. The van der Waals surface area contributed by atoms with Gasteiger partial charge in [0.1, 0.15) is 0 Å². The van der Waals surface area contributed by atoms with Crippen molar-refractivity contribution in [2.45, 2.75) is 52.1 Å².